The number of ether oxygens (including phenoxy) is 1. The molecule has 0 spiro atoms. The quantitative estimate of drug-likeness (QED) is 0.697. The van der Waals surface area contributed by atoms with Crippen molar-refractivity contribution < 1.29 is 4.74 Å². The van der Waals surface area contributed by atoms with Crippen LogP contribution in [-0.2, 0) is 4.74 Å². The summed E-state index contributed by atoms with van der Waals surface area (Å²) in [6.45, 7) is 6.19. The summed E-state index contributed by atoms with van der Waals surface area (Å²) in [5.41, 5.74) is 0. The van der Waals surface area contributed by atoms with E-state index in [1.165, 1.54) is 25.7 Å². The second-order valence-electron chi connectivity index (χ2n) is 4.89. The Morgan fingerprint density at radius 2 is 2.06 bits per heavy atom. The van der Waals surface area contributed by atoms with Crippen LogP contribution in [0.25, 0.3) is 0 Å². The highest BCUT2D eigenvalue weighted by atomic mass is 32.2. The molecule has 0 aromatic heterocycles. The van der Waals surface area contributed by atoms with Crippen molar-refractivity contribution in [1.29, 1.82) is 0 Å². The van der Waals surface area contributed by atoms with Crippen LogP contribution in [-0.4, -0.2) is 36.8 Å². The van der Waals surface area contributed by atoms with Crippen LogP contribution in [0.15, 0.2) is 0 Å². The van der Waals surface area contributed by atoms with Crippen molar-refractivity contribution in [3.05, 3.63) is 0 Å². The zero-order chi connectivity index (χ0) is 11.8. The van der Waals surface area contributed by atoms with E-state index in [1.807, 2.05) is 11.8 Å². The van der Waals surface area contributed by atoms with E-state index in [0.29, 0.717) is 6.10 Å². The number of hydrogen-bond donors (Lipinski definition) is 1. The molecule has 1 aliphatic carbocycles. The maximum absolute atomic E-state index is 5.54. The molecule has 2 nitrogen and oxygen atoms in total. The molecular weight excluding hydrogens is 218 g/mol. The molecule has 0 amide bonds. The van der Waals surface area contributed by atoms with Gasteiger partial charge in [0, 0.05) is 17.9 Å². The minimum absolute atomic E-state index is 0.369. The number of rotatable bonds is 7. The Kier molecular flexibility index (Phi) is 7.50. The minimum atomic E-state index is 0.369. The summed E-state index contributed by atoms with van der Waals surface area (Å²) in [7, 11) is 0. The first kappa shape index (κ1) is 14.3. The van der Waals surface area contributed by atoms with Gasteiger partial charge in [0.25, 0.3) is 0 Å². The van der Waals surface area contributed by atoms with Crippen molar-refractivity contribution in [2.45, 2.75) is 63.3 Å². The van der Waals surface area contributed by atoms with Gasteiger partial charge in [0.2, 0.25) is 0 Å². The molecule has 0 aromatic carbocycles. The summed E-state index contributed by atoms with van der Waals surface area (Å²) >= 11 is 2.03. The fourth-order valence-electron chi connectivity index (χ4n) is 2.29. The topological polar surface area (TPSA) is 21.3 Å². The standard InChI is InChI=1S/C13H27NOS/c1-11(2)15-10-6-9-14-12-7-4-5-8-13(12)16-3/h11-14H,4-10H2,1-3H3. The average molecular weight is 245 g/mol. The summed E-state index contributed by atoms with van der Waals surface area (Å²) in [5.74, 6) is 0. The molecule has 0 aromatic rings. The molecule has 2 unspecified atom stereocenters. The van der Waals surface area contributed by atoms with E-state index >= 15 is 0 Å². The van der Waals surface area contributed by atoms with E-state index in [-0.39, 0.29) is 0 Å². The van der Waals surface area contributed by atoms with Gasteiger partial charge in [-0.05, 0) is 45.9 Å². The van der Waals surface area contributed by atoms with Gasteiger partial charge in [-0.1, -0.05) is 12.8 Å². The lowest BCUT2D eigenvalue weighted by molar-refractivity contribution is 0.0765. The van der Waals surface area contributed by atoms with Crippen LogP contribution in [0, 0.1) is 0 Å². The molecule has 0 aliphatic heterocycles. The lowest BCUT2D eigenvalue weighted by atomic mass is 9.95. The molecule has 1 rings (SSSR count). The first-order valence-corrected chi connectivity index (χ1v) is 7.90. The molecule has 16 heavy (non-hydrogen) atoms. The van der Waals surface area contributed by atoms with Crippen molar-refractivity contribution in [3.63, 3.8) is 0 Å². The van der Waals surface area contributed by atoms with Crippen LogP contribution < -0.4 is 5.32 Å². The van der Waals surface area contributed by atoms with Gasteiger partial charge in [-0.15, -0.1) is 0 Å². The van der Waals surface area contributed by atoms with Crippen molar-refractivity contribution >= 4 is 11.8 Å². The molecule has 3 heteroatoms. The van der Waals surface area contributed by atoms with Crippen molar-refractivity contribution in [1.82, 2.24) is 5.32 Å². The third-order valence-corrected chi connectivity index (χ3v) is 4.35. The molecule has 0 radical (unpaired) electrons. The van der Waals surface area contributed by atoms with Crippen LogP contribution in [0.5, 0.6) is 0 Å². The second-order valence-corrected chi connectivity index (χ2v) is 5.97. The fraction of sp³-hybridized carbons (Fsp3) is 1.00. The van der Waals surface area contributed by atoms with Gasteiger partial charge in [0.05, 0.1) is 6.10 Å². The lowest BCUT2D eigenvalue weighted by Gasteiger charge is -2.31. The summed E-state index contributed by atoms with van der Waals surface area (Å²) in [4.78, 5) is 0. The monoisotopic (exact) mass is 245 g/mol. The Hall–Kier alpha value is 0.270. The van der Waals surface area contributed by atoms with E-state index in [2.05, 4.69) is 25.4 Å². The maximum atomic E-state index is 5.54. The van der Waals surface area contributed by atoms with Crippen molar-refractivity contribution in [3.8, 4) is 0 Å². The van der Waals surface area contributed by atoms with Crippen LogP contribution in [0.3, 0.4) is 0 Å². The van der Waals surface area contributed by atoms with E-state index in [1.54, 1.807) is 0 Å². The third-order valence-electron chi connectivity index (χ3n) is 3.18. The number of hydrogen-bond acceptors (Lipinski definition) is 3. The largest absolute Gasteiger partial charge is 0.379 e. The highest BCUT2D eigenvalue weighted by molar-refractivity contribution is 7.99. The Morgan fingerprint density at radius 3 is 2.75 bits per heavy atom. The van der Waals surface area contributed by atoms with Gasteiger partial charge in [-0.2, -0.15) is 11.8 Å². The molecule has 0 heterocycles. The third kappa shape index (κ3) is 5.55. The summed E-state index contributed by atoms with van der Waals surface area (Å²) < 4.78 is 5.54. The molecule has 1 aliphatic rings. The SMILES string of the molecule is CSC1CCCCC1NCCCOC(C)C. The van der Waals surface area contributed by atoms with E-state index in [0.717, 1.165) is 30.9 Å². The van der Waals surface area contributed by atoms with Gasteiger partial charge >= 0.3 is 0 Å². The van der Waals surface area contributed by atoms with E-state index in [9.17, 15) is 0 Å². The Labute approximate surface area is 105 Å². The Balaban J connectivity index is 2.06. The number of thioether (sulfide) groups is 1. The highest BCUT2D eigenvalue weighted by Crippen LogP contribution is 2.26. The molecule has 2 atom stereocenters. The molecule has 1 fully saturated rings. The first-order chi connectivity index (χ1) is 7.74. The second kappa shape index (κ2) is 8.37. The summed E-state index contributed by atoms with van der Waals surface area (Å²) in [6.07, 6.45) is 9.31. The highest BCUT2D eigenvalue weighted by Gasteiger charge is 2.23. The predicted octanol–water partition coefficient (Wildman–Crippen LogP) is 3.07. The van der Waals surface area contributed by atoms with Gasteiger partial charge in [-0.25, -0.2) is 0 Å². The van der Waals surface area contributed by atoms with E-state index in [4.69, 9.17) is 4.74 Å². The van der Waals surface area contributed by atoms with Gasteiger partial charge in [0.1, 0.15) is 0 Å². The van der Waals surface area contributed by atoms with Crippen LogP contribution in [0.1, 0.15) is 46.0 Å². The molecule has 96 valence electrons. The molecule has 0 saturated heterocycles. The molecule has 1 N–H and O–H groups in total. The maximum Gasteiger partial charge on any atom is 0.0518 e. The van der Waals surface area contributed by atoms with Gasteiger partial charge < -0.3 is 10.1 Å². The van der Waals surface area contributed by atoms with Crippen molar-refractivity contribution in [2.24, 2.45) is 0 Å². The van der Waals surface area contributed by atoms with Crippen molar-refractivity contribution in [2.75, 3.05) is 19.4 Å². The van der Waals surface area contributed by atoms with Crippen LogP contribution in [0.2, 0.25) is 0 Å². The Bertz CT molecular complexity index is 175. The number of nitrogens with one attached hydrogen (secondary N) is 1. The predicted molar refractivity (Wildman–Crippen MR) is 73.3 cm³/mol. The molecular formula is C13H27NOS. The smallest absolute Gasteiger partial charge is 0.0518 e. The van der Waals surface area contributed by atoms with Gasteiger partial charge in [0.15, 0.2) is 0 Å². The van der Waals surface area contributed by atoms with E-state index < -0.39 is 0 Å². The summed E-state index contributed by atoms with van der Waals surface area (Å²) in [6, 6.07) is 0.739. The zero-order valence-electron chi connectivity index (χ0n) is 11.0. The minimum Gasteiger partial charge on any atom is -0.379 e. The Morgan fingerprint density at radius 1 is 1.31 bits per heavy atom. The van der Waals surface area contributed by atoms with Gasteiger partial charge in [-0.3, -0.25) is 0 Å². The normalized spacial score (nSPS) is 26.2. The first-order valence-electron chi connectivity index (χ1n) is 6.62. The lowest BCUT2D eigenvalue weighted by Crippen LogP contribution is -2.41. The molecule has 1 saturated carbocycles. The zero-order valence-corrected chi connectivity index (χ0v) is 11.8. The fourth-order valence-corrected chi connectivity index (χ4v) is 3.25. The molecule has 0 bridgehead atoms. The van der Waals surface area contributed by atoms with Crippen LogP contribution >= 0.6 is 11.8 Å². The average Bonchev–Trinajstić information content (AvgIpc) is 2.29. The summed E-state index contributed by atoms with van der Waals surface area (Å²) in [5, 5.41) is 4.53. The van der Waals surface area contributed by atoms with Crippen LogP contribution in [0.4, 0.5) is 0 Å².